The maximum atomic E-state index is 15.7. The summed E-state index contributed by atoms with van der Waals surface area (Å²) in [7, 11) is 1.13. The third-order valence-electron chi connectivity index (χ3n) is 5.03. The fraction of sp³-hybridized carbons (Fsp3) is 0.130. The van der Waals surface area contributed by atoms with Crippen LogP contribution >= 0.6 is 34.8 Å². The van der Waals surface area contributed by atoms with Crippen LogP contribution in [0, 0.1) is 16.5 Å². The maximum absolute atomic E-state index is 15.7. The molecule has 12 heteroatoms. The molecular weight excluding hydrogens is 533 g/mol. The minimum absolute atomic E-state index is 0.0214. The molecule has 0 bridgehead atoms. The average molecular weight is 546 g/mol. The quantitative estimate of drug-likeness (QED) is 0.266. The van der Waals surface area contributed by atoms with Crippen LogP contribution in [0.15, 0.2) is 54.6 Å². The van der Waals surface area contributed by atoms with Gasteiger partial charge in [-0.15, -0.1) is 0 Å². The van der Waals surface area contributed by atoms with Crippen LogP contribution in [-0.4, -0.2) is 19.1 Å². The van der Waals surface area contributed by atoms with E-state index >= 15 is 4.39 Å². The summed E-state index contributed by atoms with van der Waals surface area (Å²) >= 11 is 17.9. The predicted molar refractivity (Wildman–Crippen MR) is 127 cm³/mol. The highest BCUT2D eigenvalue weighted by molar-refractivity contribution is 6.40. The van der Waals surface area contributed by atoms with Crippen molar-refractivity contribution in [2.75, 3.05) is 17.4 Å². The highest BCUT2D eigenvalue weighted by Crippen LogP contribution is 2.50. The van der Waals surface area contributed by atoms with E-state index in [0.717, 1.165) is 37.4 Å². The number of carbonyl (C=O) groups is 1. The van der Waals surface area contributed by atoms with E-state index in [9.17, 15) is 23.2 Å². The smallest absolute Gasteiger partial charge is 0.431 e. The van der Waals surface area contributed by atoms with E-state index in [1.165, 1.54) is 12.1 Å². The third-order valence-corrected chi connectivity index (χ3v) is 5.88. The molecule has 35 heavy (non-hydrogen) atoms. The van der Waals surface area contributed by atoms with E-state index in [4.69, 9.17) is 40.1 Å². The molecule has 1 atom stereocenters. The maximum Gasteiger partial charge on any atom is 0.431 e. The van der Waals surface area contributed by atoms with Gasteiger partial charge in [0.15, 0.2) is 0 Å². The molecule has 3 aromatic rings. The molecule has 0 heterocycles. The number of halogens is 7. The largest absolute Gasteiger partial charge is 0.758 e. The van der Waals surface area contributed by atoms with Gasteiger partial charge in [0.25, 0.3) is 11.6 Å². The number of nitriles is 1. The number of carbonyl (C=O) groups excluding carboxylic acids is 1. The van der Waals surface area contributed by atoms with Crippen molar-refractivity contribution >= 4 is 52.1 Å². The van der Waals surface area contributed by atoms with Gasteiger partial charge in [-0.25, -0.2) is 4.39 Å². The summed E-state index contributed by atoms with van der Waals surface area (Å²) in [4.78, 5) is 12.7. The van der Waals surface area contributed by atoms with Gasteiger partial charge in [-0.2, -0.15) is 18.4 Å². The first-order valence-electron chi connectivity index (χ1n) is 9.57. The third kappa shape index (κ3) is 5.16. The van der Waals surface area contributed by atoms with Gasteiger partial charge in [0.2, 0.25) is 0 Å². The van der Waals surface area contributed by atoms with E-state index in [0.29, 0.717) is 17.2 Å². The van der Waals surface area contributed by atoms with Gasteiger partial charge >= 0.3 is 6.18 Å². The van der Waals surface area contributed by atoms with Crippen molar-refractivity contribution in [3.63, 3.8) is 0 Å². The number of rotatable bonds is 5. The number of alkyl halides is 4. The van der Waals surface area contributed by atoms with Crippen LogP contribution in [0.4, 0.5) is 28.9 Å². The van der Waals surface area contributed by atoms with Crippen molar-refractivity contribution in [1.82, 2.24) is 0 Å². The van der Waals surface area contributed by atoms with Gasteiger partial charge in [-0.05, 0) is 49.5 Å². The van der Waals surface area contributed by atoms with Gasteiger partial charge < -0.3 is 15.6 Å². The van der Waals surface area contributed by atoms with Crippen molar-refractivity contribution in [3.05, 3.63) is 97.1 Å². The lowest BCUT2D eigenvalue weighted by Gasteiger charge is -2.29. The van der Waals surface area contributed by atoms with Crippen molar-refractivity contribution in [1.29, 1.82) is 5.26 Å². The molecule has 1 amide bonds. The zero-order valence-corrected chi connectivity index (χ0v) is 19.8. The van der Waals surface area contributed by atoms with Crippen molar-refractivity contribution in [2.24, 2.45) is 0 Å². The monoisotopic (exact) mass is 544 g/mol. The molecule has 182 valence electrons. The first-order valence-corrected chi connectivity index (χ1v) is 10.7. The first kappa shape index (κ1) is 26.6. The lowest BCUT2D eigenvalue weighted by Crippen LogP contribution is -2.39. The van der Waals surface area contributed by atoms with Crippen molar-refractivity contribution in [2.45, 2.75) is 11.8 Å². The van der Waals surface area contributed by atoms with Gasteiger partial charge in [0.1, 0.15) is 6.07 Å². The van der Waals surface area contributed by atoms with Crippen LogP contribution in [-0.2, 0) is 5.67 Å². The number of benzene rings is 3. The zero-order valence-electron chi connectivity index (χ0n) is 17.6. The molecule has 5 nitrogen and oxygen atoms in total. The highest BCUT2D eigenvalue weighted by Gasteiger charge is 2.58. The van der Waals surface area contributed by atoms with Gasteiger partial charge in [-0.1, -0.05) is 46.9 Å². The zero-order chi connectivity index (χ0) is 26.1. The number of amides is 1. The second-order valence-corrected chi connectivity index (χ2v) is 8.52. The Morgan fingerprint density at radius 1 is 0.971 bits per heavy atom. The summed E-state index contributed by atoms with van der Waals surface area (Å²) in [5, 5.41) is 22.7. The highest BCUT2D eigenvalue weighted by atomic mass is 35.5. The number of nitrogens with one attached hydrogen (secondary N) is 1. The molecule has 0 aliphatic heterocycles. The normalized spacial score (nSPS) is 13.0. The topological polar surface area (TPSA) is 79.2 Å². The Balaban J connectivity index is 2.02. The Hall–Kier alpha value is -3.03. The summed E-state index contributed by atoms with van der Waals surface area (Å²) < 4.78 is 57.4. The minimum atomic E-state index is -5.39. The molecule has 0 aliphatic carbocycles. The molecule has 1 unspecified atom stereocenters. The van der Waals surface area contributed by atoms with Crippen molar-refractivity contribution in [3.8, 4) is 6.07 Å². The molecule has 0 saturated carbocycles. The fourth-order valence-electron chi connectivity index (χ4n) is 3.28. The van der Waals surface area contributed by atoms with Crippen LogP contribution in [0.5, 0.6) is 0 Å². The molecule has 1 N–H and O–H groups in total. The number of hydroxylamine groups is 1. The molecular formula is C23H13Cl3F4N3O2-. The van der Waals surface area contributed by atoms with Gasteiger partial charge in [0, 0.05) is 27.4 Å². The summed E-state index contributed by atoms with van der Waals surface area (Å²) in [5.41, 5.74) is -6.03. The lowest BCUT2D eigenvalue weighted by molar-refractivity contribution is -0.219. The summed E-state index contributed by atoms with van der Waals surface area (Å²) in [6.07, 6.45) is -5.39. The van der Waals surface area contributed by atoms with Crippen molar-refractivity contribution < 1.29 is 22.4 Å². The number of hydrogen-bond donors (Lipinski definition) is 1. The number of anilines is 2. The van der Waals surface area contributed by atoms with Gasteiger partial charge in [-0.3, -0.25) is 4.79 Å². The first-order chi connectivity index (χ1) is 16.3. The second-order valence-electron chi connectivity index (χ2n) is 7.27. The number of hydrogen-bond acceptors (Lipinski definition) is 4. The molecule has 0 saturated heterocycles. The molecule has 0 aliphatic rings. The van der Waals surface area contributed by atoms with Crippen LogP contribution in [0.2, 0.25) is 15.1 Å². The standard InChI is InChI=1S/C23H13Cl3F4N3O2/c1-33(35)19-8-12(2-3-13(19)11-31)21(34)32-20-17(25)9-15(10-18(20)26)22(27,23(28,29)30)14-4-6-16(24)7-5-14/h2-10H,1H3,(H,32,34)/q-1. The molecule has 3 rings (SSSR count). The van der Waals surface area contributed by atoms with Crippen LogP contribution in [0.1, 0.15) is 27.0 Å². The minimum Gasteiger partial charge on any atom is -0.758 e. The van der Waals surface area contributed by atoms with Crippen LogP contribution in [0.25, 0.3) is 0 Å². The average Bonchev–Trinajstić information content (AvgIpc) is 2.79. The summed E-state index contributed by atoms with van der Waals surface area (Å²) in [5.74, 6) is -0.825. The Bertz CT molecular complexity index is 1300. The Morgan fingerprint density at radius 3 is 2.03 bits per heavy atom. The molecule has 3 aromatic carbocycles. The van der Waals surface area contributed by atoms with Gasteiger partial charge in [0.05, 0.1) is 21.3 Å². The van der Waals surface area contributed by atoms with E-state index in [1.807, 2.05) is 6.07 Å². The summed E-state index contributed by atoms with van der Waals surface area (Å²) in [6.45, 7) is 0. The molecule has 0 radical (unpaired) electrons. The molecule has 0 spiro atoms. The lowest BCUT2D eigenvalue weighted by atomic mass is 9.87. The predicted octanol–water partition coefficient (Wildman–Crippen LogP) is 7.48. The Labute approximate surface area is 212 Å². The fourth-order valence-corrected chi connectivity index (χ4v) is 3.99. The number of nitrogens with zero attached hydrogens (tertiary/aromatic N) is 2. The molecule has 0 fully saturated rings. The summed E-state index contributed by atoms with van der Waals surface area (Å²) in [6, 6.07) is 10.9. The second kappa shape index (κ2) is 9.91. The van der Waals surface area contributed by atoms with E-state index in [-0.39, 0.29) is 27.5 Å². The SMILES string of the molecule is CN([O-])c1cc(C(=O)Nc2c(Cl)cc(C(F)(c3ccc(Cl)cc3)C(F)(F)F)cc2Cl)ccc1C#N. The van der Waals surface area contributed by atoms with Crippen LogP contribution in [0.3, 0.4) is 0 Å². The van der Waals surface area contributed by atoms with E-state index in [1.54, 1.807) is 0 Å². The molecule has 0 aromatic heterocycles. The van der Waals surface area contributed by atoms with E-state index in [2.05, 4.69) is 5.32 Å². The van der Waals surface area contributed by atoms with Crippen LogP contribution < -0.4 is 10.4 Å². The Morgan fingerprint density at radius 2 is 1.54 bits per heavy atom. The van der Waals surface area contributed by atoms with E-state index < -0.39 is 38.9 Å². The Kier molecular flexibility index (Phi) is 7.53.